The predicted molar refractivity (Wildman–Crippen MR) is 87.9 cm³/mol. The Hall–Kier alpha value is 1.02. The molecular formula is C14H30KNO4S. The van der Waals surface area contributed by atoms with Gasteiger partial charge in [-0.25, -0.2) is 0 Å². The third-order valence-electron chi connectivity index (χ3n) is 3.07. The molecule has 0 saturated heterocycles. The quantitative estimate of drug-likeness (QED) is 0.313. The van der Waals surface area contributed by atoms with Crippen LogP contribution in [0, 0.1) is 0 Å². The van der Waals surface area contributed by atoms with E-state index in [0.717, 1.165) is 12.8 Å². The fraction of sp³-hybridized carbons (Fsp3) is 0.929. The SMILES string of the molecule is CCCCCCCCCCCC(=O)OS(=O)(=O)CCN.[KH]. The molecule has 0 atom stereocenters. The van der Waals surface area contributed by atoms with Gasteiger partial charge in [0.15, 0.2) is 0 Å². The van der Waals surface area contributed by atoms with Gasteiger partial charge in [0.25, 0.3) is 0 Å². The van der Waals surface area contributed by atoms with E-state index in [4.69, 9.17) is 5.73 Å². The van der Waals surface area contributed by atoms with E-state index in [9.17, 15) is 13.2 Å². The van der Waals surface area contributed by atoms with Crippen molar-refractivity contribution >= 4 is 67.5 Å². The van der Waals surface area contributed by atoms with E-state index in [1.165, 1.54) is 38.5 Å². The van der Waals surface area contributed by atoms with E-state index in [2.05, 4.69) is 11.1 Å². The van der Waals surface area contributed by atoms with Gasteiger partial charge in [0.1, 0.15) is 0 Å². The van der Waals surface area contributed by atoms with Crippen molar-refractivity contribution in [1.82, 2.24) is 0 Å². The van der Waals surface area contributed by atoms with Crippen LogP contribution in [0.25, 0.3) is 0 Å². The minimum absolute atomic E-state index is 0. The fourth-order valence-corrected chi connectivity index (χ4v) is 2.69. The summed E-state index contributed by atoms with van der Waals surface area (Å²) >= 11 is 0. The van der Waals surface area contributed by atoms with Crippen LogP contribution < -0.4 is 5.73 Å². The summed E-state index contributed by atoms with van der Waals surface area (Å²) in [5.41, 5.74) is 5.12. The molecule has 0 aliphatic rings. The first-order valence-corrected chi connectivity index (χ1v) is 9.24. The Labute approximate surface area is 172 Å². The number of rotatable bonds is 13. The first-order chi connectivity index (χ1) is 9.52. The number of carbonyl (C=O) groups is 1. The zero-order valence-electron chi connectivity index (χ0n) is 12.6. The van der Waals surface area contributed by atoms with Gasteiger partial charge in [0.05, 0.1) is 5.75 Å². The van der Waals surface area contributed by atoms with Gasteiger partial charge in [0.2, 0.25) is 0 Å². The van der Waals surface area contributed by atoms with Crippen LogP contribution in [0.5, 0.6) is 0 Å². The molecule has 0 saturated carbocycles. The summed E-state index contributed by atoms with van der Waals surface area (Å²) in [5, 5.41) is 0. The van der Waals surface area contributed by atoms with Crippen molar-refractivity contribution in [3.63, 3.8) is 0 Å². The van der Waals surface area contributed by atoms with Gasteiger partial charge in [0, 0.05) is 13.0 Å². The molecule has 0 aromatic rings. The molecule has 0 radical (unpaired) electrons. The Bertz CT molecular complexity index is 347. The third kappa shape index (κ3) is 17.2. The molecule has 5 nitrogen and oxygen atoms in total. The summed E-state index contributed by atoms with van der Waals surface area (Å²) in [6, 6.07) is 0. The topological polar surface area (TPSA) is 86.5 Å². The molecule has 0 fully saturated rings. The number of hydrogen-bond donors (Lipinski definition) is 1. The second-order valence-electron chi connectivity index (χ2n) is 5.08. The van der Waals surface area contributed by atoms with Crippen LogP contribution >= 0.6 is 0 Å². The van der Waals surface area contributed by atoms with Crippen molar-refractivity contribution < 1.29 is 17.4 Å². The Morgan fingerprint density at radius 3 is 1.90 bits per heavy atom. The molecule has 0 aliphatic heterocycles. The number of unbranched alkanes of at least 4 members (excludes halogenated alkanes) is 8. The summed E-state index contributed by atoms with van der Waals surface area (Å²) in [7, 11) is -3.77. The molecule has 7 heteroatoms. The van der Waals surface area contributed by atoms with Crippen molar-refractivity contribution in [3.8, 4) is 0 Å². The van der Waals surface area contributed by atoms with Gasteiger partial charge in [-0.05, 0) is 6.42 Å². The van der Waals surface area contributed by atoms with Crippen LogP contribution in [0.2, 0.25) is 0 Å². The van der Waals surface area contributed by atoms with E-state index < -0.39 is 16.1 Å². The fourth-order valence-electron chi connectivity index (χ4n) is 1.95. The molecule has 0 aliphatic carbocycles. The predicted octanol–water partition coefficient (Wildman–Crippen LogP) is 2.09. The second kappa shape index (κ2) is 15.9. The maximum absolute atomic E-state index is 11.3. The Morgan fingerprint density at radius 1 is 0.952 bits per heavy atom. The van der Waals surface area contributed by atoms with Crippen molar-refractivity contribution in [1.29, 1.82) is 0 Å². The van der Waals surface area contributed by atoms with E-state index in [1.54, 1.807) is 0 Å². The molecule has 0 aromatic heterocycles. The van der Waals surface area contributed by atoms with Crippen molar-refractivity contribution in [2.45, 2.75) is 71.1 Å². The first kappa shape index (κ1) is 24.3. The summed E-state index contributed by atoms with van der Waals surface area (Å²) < 4.78 is 26.8. The average Bonchev–Trinajstić information content (AvgIpc) is 2.36. The molecule has 2 N–H and O–H groups in total. The van der Waals surface area contributed by atoms with Crippen LogP contribution in [0.1, 0.15) is 71.1 Å². The van der Waals surface area contributed by atoms with Gasteiger partial charge in [-0.1, -0.05) is 58.3 Å². The van der Waals surface area contributed by atoms with Gasteiger partial charge in [-0.2, -0.15) is 8.42 Å². The zero-order valence-corrected chi connectivity index (χ0v) is 13.4. The standard InChI is InChI=1S/C14H29NO4S.K.H/c1-2-3-4-5-6-7-8-9-10-11-14(16)19-20(17,18)13-12-15;;/h2-13,15H2,1H3;;. The summed E-state index contributed by atoms with van der Waals surface area (Å²) in [5.74, 6) is -0.974. The average molecular weight is 348 g/mol. The van der Waals surface area contributed by atoms with Gasteiger partial charge >= 0.3 is 67.5 Å². The molecule has 0 rings (SSSR count). The molecule has 21 heavy (non-hydrogen) atoms. The van der Waals surface area contributed by atoms with E-state index in [0.29, 0.717) is 6.42 Å². The molecule has 0 bridgehead atoms. The monoisotopic (exact) mass is 347 g/mol. The number of carbonyl (C=O) groups excluding carboxylic acids is 1. The van der Waals surface area contributed by atoms with Crippen LogP contribution in [0.4, 0.5) is 0 Å². The molecule has 0 spiro atoms. The van der Waals surface area contributed by atoms with Gasteiger partial charge in [-0.3, -0.25) is 4.79 Å². The van der Waals surface area contributed by atoms with Crippen molar-refractivity contribution in [3.05, 3.63) is 0 Å². The summed E-state index contributed by atoms with van der Waals surface area (Å²) in [4.78, 5) is 11.3. The van der Waals surface area contributed by atoms with Crippen LogP contribution in [-0.2, 0) is 19.1 Å². The van der Waals surface area contributed by atoms with Crippen LogP contribution in [-0.4, -0.2) is 78.1 Å². The van der Waals surface area contributed by atoms with E-state index in [1.807, 2.05) is 0 Å². The number of nitrogens with two attached hydrogens (primary N) is 1. The maximum atomic E-state index is 11.3. The second-order valence-corrected chi connectivity index (χ2v) is 6.77. The van der Waals surface area contributed by atoms with Crippen LogP contribution in [0.3, 0.4) is 0 Å². The van der Waals surface area contributed by atoms with E-state index in [-0.39, 0.29) is 70.1 Å². The van der Waals surface area contributed by atoms with Gasteiger partial charge in [-0.15, -0.1) is 0 Å². The summed E-state index contributed by atoms with van der Waals surface area (Å²) in [6.07, 6.45) is 10.5. The molecule has 0 heterocycles. The number of hydrogen-bond acceptors (Lipinski definition) is 5. The first-order valence-electron chi connectivity index (χ1n) is 7.67. The summed E-state index contributed by atoms with van der Waals surface area (Å²) in [6.45, 7) is 2.17. The Kier molecular flexibility index (Phi) is 18.4. The Morgan fingerprint density at radius 2 is 1.43 bits per heavy atom. The van der Waals surface area contributed by atoms with Crippen molar-refractivity contribution in [2.24, 2.45) is 5.73 Å². The normalized spacial score (nSPS) is 11.0. The van der Waals surface area contributed by atoms with E-state index >= 15 is 0 Å². The molecule has 0 amide bonds. The molecular weight excluding hydrogens is 317 g/mol. The van der Waals surface area contributed by atoms with Gasteiger partial charge < -0.3 is 9.92 Å². The molecule has 0 aromatic carbocycles. The van der Waals surface area contributed by atoms with Crippen LogP contribution in [0.15, 0.2) is 0 Å². The molecule has 0 unspecified atom stereocenters. The third-order valence-corrected chi connectivity index (χ3v) is 4.25. The van der Waals surface area contributed by atoms with Crippen molar-refractivity contribution in [2.75, 3.05) is 12.3 Å². The molecule has 122 valence electrons. The Balaban J connectivity index is 0. The zero-order chi connectivity index (χ0) is 15.3. The minimum atomic E-state index is -3.77.